The third-order valence-electron chi connectivity index (χ3n) is 6.32. The van der Waals surface area contributed by atoms with Gasteiger partial charge in [-0.15, -0.1) is 0 Å². The van der Waals surface area contributed by atoms with Crippen LogP contribution in [0, 0.1) is 35.5 Å². The van der Waals surface area contributed by atoms with Crippen LogP contribution in [0.5, 0.6) is 0 Å². The van der Waals surface area contributed by atoms with E-state index >= 15 is 0 Å². The molecular formula is C16H21IO2. The molecule has 0 aromatic carbocycles. The quantitative estimate of drug-likeness (QED) is 0.241. The SMILES string of the molecule is C=C(C)C(=O)OC1(I)CC2CC1C1C3CCC(C3)C21. The highest BCUT2D eigenvalue weighted by molar-refractivity contribution is 14.1. The Balaban J connectivity index is 1.59. The van der Waals surface area contributed by atoms with Gasteiger partial charge in [0, 0.05) is 11.5 Å². The molecule has 0 amide bonds. The van der Waals surface area contributed by atoms with Crippen LogP contribution >= 0.6 is 22.6 Å². The topological polar surface area (TPSA) is 26.3 Å². The maximum Gasteiger partial charge on any atom is 0.334 e. The standard InChI is InChI=1S/C16H21IO2/c1-8(2)15(18)19-16(17)7-11-6-12(16)14-10-4-3-9(5-10)13(11)14/h9-14H,1,3-7H2,2H3. The minimum Gasteiger partial charge on any atom is -0.445 e. The molecule has 7 atom stereocenters. The summed E-state index contributed by atoms with van der Waals surface area (Å²) in [6.45, 7) is 5.46. The van der Waals surface area contributed by atoms with Crippen molar-refractivity contribution in [1.29, 1.82) is 0 Å². The van der Waals surface area contributed by atoms with E-state index in [1.54, 1.807) is 6.92 Å². The second-order valence-corrected chi connectivity index (χ2v) is 9.08. The van der Waals surface area contributed by atoms with Crippen LogP contribution in [0.4, 0.5) is 0 Å². The largest absolute Gasteiger partial charge is 0.445 e. The van der Waals surface area contributed by atoms with E-state index in [0.717, 1.165) is 36.0 Å². The summed E-state index contributed by atoms with van der Waals surface area (Å²) < 4.78 is 5.63. The first kappa shape index (κ1) is 12.7. The normalized spacial score (nSPS) is 53.4. The third-order valence-corrected chi connectivity index (χ3v) is 7.78. The molecule has 0 heterocycles. The predicted octanol–water partition coefficient (Wildman–Crippen LogP) is 3.94. The van der Waals surface area contributed by atoms with Crippen molar-refractivity contribution in [3.63, 3.8) is 0 Å². The van der Waals surface area contributed by atoms with E-state index in [4.69, 9.17) is 4.74 Å². The molecule has 19 heavy (non-hydrogen) atoms. The van der Waals surface area contributed by atoms with Crippen molar-refractivity contribution in [3.8, 4) is 0 Å². The Kier molecular flexibility index (Phi) is 2.66. The lowest BCUT2D eigenvalue weighted by molar-refractivity contribution is -0.151. The summed E-state index contributed by atoms with van der Waals surface area (Å²) in [5.41, 5.74) is 0.531. The zero-order valence-electron chi connectivity index (χ0n) is 11.4. The molecule has 4 fully saturated rings. The van der Waals surface area contributed by atoms with Gasteiger partial charge in [0.1, 0.15) is 0 Å². The number of hydrogen-bond donors (Lipinski definition) is 0. The van der Waals surface area contributed by atoms with Crippen molar-refractivity contribution in [2.24, 2.45) is 35.5 Å². The summed E-state index contributed by atoms with van der Waals surface area (Å²) in [6, 6.07) is 0. The zero-order valence-corrected chi connectivity index (χ0v) is 13.6. The highest BCUT2D eigenvalue weighted by Crippen LogP contribution is 2.71. The minimum atomic E-state index is -0.232. The molecule has 7 unspecified atom stereocenters. The molecule has 0 saturated heterocycles. The van der Waals surface area contributed by atoms with Crippen LogP contribution in [0.15, 0.2) is 12.2 Å². The van der Waals surface area contributed by atoms with E-state index in [2.05, 4.69) is 29.2 Å². The number of halogens is 1. The van der Waals surface area contributed by atoms with E-state index < -0.39 is 0 Å². The summed E-state index contributed by atoms with van der Waals surface area (Å²) in [6.07, 6.45) is 6.74. The fourth-order valence-electron chi connectivity index (χ4n) is 5.87. The zero-order chi connectivity index (χ0) is 13.4. The lowest BCUT2D eigenvalue weighted by Crippen LogP contribution is -2.43. The number of ether oxygens (including phenoxy) is 1. The Morgan fingerprint density at radius 1 is 1.21 bits per heavy atom. The van der Waals surface area contributed by atoms with Crippen LogP contribution in [-0.2, 0) is 9.53 Å². The van der Waals surface area contributed by atoms with Crippen LogP contribution in [0.3, 0.4) is 0 Å². The van der Waals surface area contributed by atoms with Gasteiger partial charge in [-0.25, -0.2) is 4.79 Å². The summed E-state index contributed by atoms with van der Waals surface area (Å²) in [4.78, 5) is 11.9. The first-order valence-electron chi connectivity index (χ1n) is 7.57. The molecule has 0 aromatic rings. The van der Waals surface area contributed by atoms with Crippen LogP contribution in [-0.4, -0.2) is 9.58 Å². The Morgan fingerprint density at radius 2 is 1.89 bits per heavy atom. The van der Waals surface area contributed by atoms with Gasteiger partial charge in [-0.2, -0.15) is 0 Å². The van der Waals surface area contributed by atoms with Gasteiger partial charge in [-0.3, -0.25) is 0 Å². The Bertz CT molecular complexity index is 460. The Hall–Kier alpha value is -0.0600. The monoisotopic (exact) mass is 372 g/mol. The van der Waals surface area contributed by atoms with Gasteiger partial charge < -0.3 is 4.74 Å². The van der Waals surface area contributed by atoms with Gasteiger partial charge in [0.2, 0.25) is 0 Å². The number of alkyl halides is 1. The van der Waals surface area contributed by atoms with E-state index in [1.807, 2.05) is 0 Å². The van der Waals surface area contributed by atoms with Gasteiger partial charge >= 0.3 is 5.97 Å². The number of esters is 1. The van der Waals surface area contributed by atoms with Crippen LogP contribution in [0.1, 0.15) is 39.0 Å². The summed E-state index contributed by atoms with van der Waals surface area (Å²) in [5, 5.41) is 0. The van der Waals surface area contributed by atoms with Gasteiger partial charge in [-0.05, 0) is 91.2 Å². The number of carbonyl (C=O) groups excluding carboxylic acids is 1. The molecule has 4 saturated carbocycles. The molecule has 0 spiro atoms. The lowest BCUT2D eigenvalue weighted by Gasteiger charge is -2.42. The van der Waals surface area contributed by atoms with Crippen LogP contribution in [0.25, 0.3) is 0 Å². The third kappa shape index (κ3) is 1.63. The smallest absolute Gasteiger partial charge is 0.334 e. The van der Waals surface area contributed by atoms with Crippen LogP contribution < -0.4 is 0 Å². The van der Waals surface area contributed by atoms with Crippen molar-refractivity contribution >= 4 is 28.6 Å². The average molecular weight is 372 g/mol. The maximum atomic E-state index is 11.9. The van der Waals surface area contributed by atoms with Crippen molar-refractivity contribution in [1.82, 2.24) is 0 Å². The molecule has 0 radical (unpaired) electrons. The van der Waals surface area contributed by atoms with Crippen LogP contribution in [0.2, 0.25) is 0 Å². The fraction of sp³-hybridized carbons (Fsp3) is 0.812. The Morgan fingerprint density at radius 3 is 2.58 bits per heavy atom. The first-order valence-corrected chi connectivity index (χ1v) is 8.65. The molecule has 0 aliphatic heterocycles. The molecule has 2 nitrogen and oxygen atoms in total. The van der Waals surface area contributed by atoms with Gasteiger partial charge in [0.25, 0.3) is 0 Å². The summed E-state index contributed by atoms with van der Waals surface area (Å²) in [5.74, 6) is 5.00. The maximum absolute atomic E-state index is 11.9. The molecule has 4 aliphatic rings. The highest BCUT2D eigenvalue weighted by Gasteiger charge is 2.67. The predicted molar refractivity (Wildman–Crippen MR) is 81.7 cm³/mol. The number of fused-ring (bicyclic) bond motifs is 9. The molecule has 4 aliphatic carbocycles. The first-order chi connectivity index (χ1) is 8.99. The minimum absolute atomic E-state index is 0.193. The van der Waals surface area contributed by atoms with E-state index in [1.165, 1.54) is 25.7 Å². The van der Waals surface area contributed by atoms with E-state index in [0.29, 0.717) is 11.5 Å². The number of carbonyl (C=O) groups is 1. The fourth-order valence-corrected chi connectivity index (χ4v) is 7.30. The molecule has 104 valence electrons. The second-order valence-electron chi connectivity index (χ2n) is 7.25. The van der Waals surface area contributed by atoms with E-state index in [-0.39, 0.29) is 9.58 Å². The van der Waals surface area contributed by atoms with Gasteiger partial charge in [0.05, 0.1) is 0 Å². The highest BCUT2D eigenvalue weighted by atomic mass is 127. The molecule has 0 aromatic heterocycles. The van der Waals surface area contributed by atoms with Crippen molar-refractivity contribution in [2.45, 2.75) is 42.6 Å². The van der Waals surface area contributed by atoms with E-state index in [9.17, 15) is 4.79 Å². The molecule has 3 heteroatoms. The number of hydrogen-bond acceptors (Lipinski definition) is 2. The van der Waals surface area contributed by atoms with Gasteiger partial charge in [-0.1, -0.05) is 6.58 Å². The lowest BCUT2D eigenvalue weighted by atomic mass is 9.70. The molecule has 4 rings (SSSR count). The average Bonchev–Trinajstić information content (AvgIpc) is 3.03. The summed E-state index contributed by atoms with van der Waals surface area (Å²) >= 11 is 2.44. The summed E-state index contributed by atoms with van der Waals surface area (Å²) in [7, 11) is 0. The number of rotatable bonds is 2. The van der Waals surface area contributed by atoms with Crippen molar-refractivity contribution < 1.29 is 9.53 Å². The van der Waals surface area contributed by atoms with Crippen molar-refractivity contribution in [3.05, 3.63) is 12.2 Å². The Labute approximate surface area is 128 Å². The van der Waals surface area contributed by atoms with Crippen molar-refractivity contribution in [2.75, 3.05) is 0 Å². The molecule has 4 bridgehead atoms. The molecular weight excluding hydrogens is 351 g/mol. The molecule has 0 N–H and O–H groups in total. The van der Waals surface area contributed by atoms with Gasteiger partial charge in [0.15, 0.2) is 3.61 Å². The second kappa shape index (κ2) is 3.99.